The van der Waals surface area contributed by atoms with E-state index in [9.17, 15) is 4.79 Å². The molecule has 0 aliphatic rings. The number of hydrogen-bond acceptors (Lipinski definition) is 5. The van der Waals surface area contributed by atoms with Crippen molar-refractivity contribution in [2.24, 2.45) is 0 Å². The minimum atomic E-state index is -0.371. The zero-order valence-corrected chi connectivity index (χ0v) is 13.8. The number of nitrogens with one attached hydrogen (secondary N) is 1. The molecule has 0 spiro atoms. The molecule has 3 aromatic rings. The number of hydrogen-bond donors (Lipinski definition) is 1. The van der Waals surface area contributed by atoms with Crippen molar-refractivity contribution in [1.82, 2.24) is 25.2 Å². The number of aromatic nitrogens is 4. The summed E-state index contributed by atoms with van der Waals surface area (Å²) < 4.78 is 6.80. The van der Waals surface area contributed by atoms with Gasteiger partial charge in [-0.1, -0.05) is 28.9 Å². The van der Waals surface area contributed by atoms with E-state index in [0.717, 1.165) is 5.56 Å². The van der Waals surface area contributed by atoms with E-state index in [1.165, 1.54) is 0 Å². The average molecular weight is 346 g/mol. The number of amides is 1. The molecule has 1 aromatic carbocycles. The fraction of sp³-hybridized carbons (Fsp3) is 0.250. The third-order valence-electron chi connectivity index (χ3n) is 3.49. The molecule has 3 rings (SSSR count). The monoisotopic (exact) mass is 345 g/mol. The van der Waals surface area contributed by atoms with Gasteiger partial charge < -0.3 is 9.84 Å². The Bertz CT molecular complexity index is 816. The van der Waals surface area contributed by atoms with Gasteiger partial charge in [-0.05, 0) is 25.1 Å². The van der Waals surface area contributed by atoms with Crippen LogP contribution in [-0.2, 0) is 11.2 Å². The zero-order chi connectivity index (χ0) is 16.9. The molecule has 1 N–H and O–H groups in total. The first kappa shape index (κ1) is 16.2. The molecule has 8 heteroatoms. The highest BCUT2D eigenvalue weighted by Crippen LogP contribution is 2.19. The highest BCUT2D eigenvalue weighted by molar-refractivity contribution is 6.30. The lowest BCUT2D eigenvalue weighted by molar-refractivity contribution is -0.124. The van der Waals surface area contributed by atoms with Crippen molar-refractivity contribution in [2.75, 3.05) is 6.54 Å². The van der Waals surface area contributed by atoms with Gasteiger partial charge in [-0.3, -0.25) is 9.48 Å². The first-order valence-corrected chi connectivity index (χ1v) is 7.86. The Balaban J connectivity index is 1.53. The third-order valence-corrected chi connectivity index (χ3v) is 3.73. The lowest BCUT2D eigenvalue weighted by atomic mass is 10.2. The summed E-state index contributed by atoms with van der Waals surface area (Å²) in [5, 5.41) is 11.4. The van der Waals surface area contributed by atoms with Crippen LogP contribution in [-0.4, -0.2) is 32.4 Å². The third kappa shape index (κ3) is 3.80. The Kier molecular flexibility index (Phi) is 4.90. The van der Waals surface area contributed by atoms with Crippen molar-refractivity contribution >= 4 is 17.5 Å². The molecule has 0 fully saturated rings. The molecule has 2 aromatic heterocycles. The van der Waals surface area contributed by atoms with Gasteiger partial charge in [-0.25, -0.2) is 0 Å². The standard InChI is InChI=1S/C16H16ClN5O2/c1-11(22-9-3-7-19-22)16(23)18-8-6-14-20-15(21-24-14)12-4-2-5-13(17)10-12/h2-5,7,9-11H,6,8H2,1H3,(H,18,23)/t11-/m0/s1. The van der Waals surface area contributed by atoms with Crippen molar-refractivity contribution in [3.8, 4) is 11.4 Å². The van der Waals surface area contributed by atoms with Crippen molar-refractivity contribution < 1.29 is 9.32 Å². The van der Waals surface area contributed by atoms with Gasteiger partial charge in [0.2, 0.25) is 17.6 Å². The molecule has 124 valence electrons. The SMILES string of the molecule is C[C@@H](C(=O)NCCc1nc(-c2cccc(Cl)c2)no1)n1cccn1. The van der Waals surface area contributed by atoms with E-state index in [0.29, 0.717) is 29.7 Å². The summed E-state index contributed by atoms with van der Waals surface area (Å²) in [6.07, 6.45) is 3.84. The van der Waals surface area contributed by atoms with Crippen LogP contribution in [0.4, 0.5) is 0 Å². The summed E-state index contributed by atoms with van der Waals surface area (Å²) in [5.41, 5.74) is 0.786. The fourth-order valence-corrected chi connectivity index (χ4v) is 2.36. The van der Waals surface area contributed by atoms with Crippen LogP contribution in [0.2, 0.25) is 5.02 Å². The Morgan fingerprint density at radius 3 is 3.04 bits per heavy atom. The van der Waals surface area contributed by atoms with Gasteiger partial charge in [-0.15, -0.1) is 0 Å². The molecule has 2 heterocycles. The van der Waals surface area contributed by atoms with Crippen LogP contribution in [0, 0.1) is 0 Å². The predicted molar refractivity (Wildman–Crippen MR) is 88.4 cm³/mol. The van der Waals surface area contributed by atoms with Crippen LogP contribution >= 0.6 is 11.6 Å². The second-order valence-corrected chi connectivity index (χ2v) is 5.66. The maximum atomic E-state index is 12.0. The molecule has 0 radical (unpaired) electrons. The molecule has 0 aliphatic carbocycles. The van der Waals surface area contributed by atoms with E-state index in [1.54, 1.807) is 42.2 Å². The molecule has 0 saturated heterocycles. The largest absolute Gasteiger partial charge is 0.354 e. The number of nitrogens with zero attached hydrogens (tertiary/aromatic N) is 4. The number of rotatable bonds is 6. The normalized spacial score (nSPS) is 12.1. The second-order valence-electron chi connectivity index (χ2n) is 5.23. The minimum Gasteiger partial charge on any atom is -0.354 e. The van der Waals surface area contributed by atoms with Crippen molar-refractivity contribution in [2.45, 2.75) is 19.4 Å². The minimum absolute atomic E-state index is 0.117. The Morgan fingerprint density at radius 2 is 2.29 bits per heavy atom. The van der Waals surface area contributed by atoms with Crippen molar-refractivity contribution in [1.29, 1.82) is 0 Å². The number of carbonyl (C=O) groups excluding carboxylic acids is 1. The molecule has 1 amide bonds. The summed E-state index contributed by atoms with van der Waals surface area (Å²) in [5.74, 6) is 0.814. The summed E-state index contributed by atoms with van der Waals surface area (Å²) in [6, 6.07) is 8.63. The van der Waals surface area contributed by atoms with Gasteiger partial charge in [0.1, 0.15) is 6.04 Å². The van der Waals surface area contributed by atoms with Gasteiger partial charge in [0, 0.05) is 35.9 Å². The molecule has 7 nitrogen and oxygen atoms in total. The van der Waals surface area contributed by atoms with Crippen LogP contribution in [0.5, 0.6) is 0 Å². The van der Waals surface area contributed by atoms with Crippen LogP contribution < -0.4 is 5.32 Å². The fourth-order valence-electron chi connectivity index (χ4n) is 2.17. The van der Waals surface area contributed by atoms with Gasteiger partial charge in [0.15, 0.2) is 0 Å². The molecule has 0 bridgehead atoms. The van der Waals surface area contributed by atoms with E-state index in [1.807, 2.05) is 12.1 Å². The lowest BCUT2D eigenvalue weighted by Gasteiger charge is -2.11. The van der Waals surface area contributed by atoms with Gasteiger partial charge in [0.05, 0.1) is 0 Å². The summed E-state index contributed by atoms with van der Waals surface area (Å²) in [7, 11) is 0. The van der Waals surface area contributed by atoms with Crippen molar-refractivity contribution in [3.05, 3.63) is 53.6 Å². The highest BCUT2D eigenvalue weighted by atomic mass is 35.5. The molecule has 0 aliphatic heterocycles. The van der Waals surface area contributed by atoms with Crippen LogP contribution in [0.15, 0.2) is 47.2 Å². The summed E-state index contributed by atoms with van der Waals surface area (Å²) in [4.78, 5) is 16.4. The molecule has 1 atom stereocenters. The second kappa shape index (κ2) is 7.27. The first-order chi connectivity index (χ1) is 11.6. The summed E-state index contributed by atoms with van der Waals surface area (Å²) in [6.45, 7) is 2.19. The number of halogens is 1. The predicted octanol–water partition coefficient (Wildman–Crippen LogP) is 2.51. The van der Waals surface area contributed by atoms with Crippen LogP contribution in [0.3, 0.4) is 0 Å². The van der Waals surface area contributed by atoms with Crippen LogP contribution in [0.25, 0.3) is 11.4 Å². The average Bonchev–Trinajstić information content (AvgIpc) is 3.26. The zero-order valence-electron chi connectivity index (χ0n) is 13.0. The maximum absolute atomic E-state index is 12.0. The smallest absolute Gasteiger partial charge is 0.244 e. The Hall–Kier alpha value is -2.67. The summed E-state index contributed by atoms with van der Waals surface area (Å²) >= 11 is 5.95. The van der Waals surface area contributed by atoms with E-state index < -0.39 is 0 Å². The topological polar surface area (TPSA) is 85.8 Å². The van der Waals surface area contributed by atoms with E-state index in [-0.39, 0.29) is 11.9 Å². The Morgan fingerprint density at radius 1 is 1.42 bits per heavy atom. The molecule has 0 unspecified atom stereocenters. The number of benzene rings is 1. The van der Waals surface area contributed by atoms with E-state index in [2.05, 4.69) is 20.6 Å². The quantitative estimate of drug-likeness (QED) is 0.741. The maximum Gasteiger partial charge on any atom is 0.244 e. The molecular weight excluding hydrogens is 330 g/mol. The first-order valence-electron chi connectivity index (χ1n) is 7.49. The van der Waals surface area contributed by atoms with E-state index in [4.69, 9.17) is 16.1 Å². The van der Waals surface area contributed by atoms with Crippen molar-refractivity contribution in [3.63, 3.8) is 0 Å². The molecule has 24 heavy (non-hydrogen) atoms. The van der Waals surface area contributed by atoms with E-state index >= 15 is 0 Å². The lowest BCUT2D eigenvalue weighted by Crippen LogP contribution is -2.32. The molecule has 0 saturated carbocycles. The van der Waals surface area contributed by atoms with Crippen LogP contribution in [0.1, 0.15) is 18.9 Å². The van der Waals surface area contributed by atoms with Gasteiger partial charge in [-0.2, -0.15) is 10.1 Å². The molecular formula is C16H16ClN5O2. The number of carbonyl (C=O) groups is 1. The Labute approximate surface area is 143 Å². The van der Waals surface area contributed by atoms with Gasteiger partial charge in [0.25, 0.3) is 0 Å². The highest BCUT2D eigenvalue weighted by Gasteiger charge is 2.15. The van der Waals surface area contributed by atoms with Gasteiger partial charge >= 0.3 is 0 Å².